The van der Waals surface area contributed by atoms with Crippen LogP contribution in [-0.2, 0) is 10.3 Å². The van der Waals surface area contributed by atoms with E-state index in [2.05, 4.69) is 5.32 Å². The van der Waals surface area contributed by atoms with Crippen LogP contribution in [0.15, 0.2) is 54.1 Å². The van der Waals surface area contributed by atoms with Gasteiger partial charge in [-0.15, -0.1) is 0 Å². The Bertz CT molecular complexity index is 894. The van der Waals surface area contributed by atoms with Gasteiger partial charge in [-0.2, -0.15) is 0 Å². The van der Waals surface area contributed by atoms with Crippen LogP contribution in [0.25, 0.3) is 6.08 Å². The summed E-state index contributed by atoms with van der Waals surface area (Å²) in [6, 6.07) is 13.6. The number of hydrogen-bond acceptors (Lipinski definition) is 4. The van der Waals surface area contributed by atoms with Crippen LogP contribution in [0.4, 0.5) is 5.69 Å². The molecule has 0 heterocycles. The molecule has 1 atom stereocenters. The highest BCUT2D eigenvalue weighted by Crippen LogP contribution is 2.40. The van der Waals surface area contributed by atoms with Gasteiger partial charge in [0.2, 0.25) is 0 Å². The van der Waals surface area contributed by atoms with Gasteiger partial charge < -0.3 is 5.32 Å². The molecule has 0 spiro atoms. The van der Waals surface area contributed by atoms with E-state index in [4.69, 9.17) is 11.6 Å². The van der Waals surface area contributed by atoms with Gasteiger partial charge in [0.15, 0.2) is 5.78 Å². The van der Waals surface area contributed by atoms with E-state index < -0.39 is 10.5 Å². The zero-order chi connectivity index (χ0) is 18.7. The summed E-state index contributed by atoms with van der Waals surface area (Å²) in [4.78, 5) is 23.9. The maximum absolute atomic E-state index is 13.3. The molecule has 0 saturated heterocycles. The monoisotopic (exact) mass is 370 g/mol. The van der Waals surface area contributed by atoms with Gasteiger partial charge in [0.25, 0.3) is 5.69 Å². The van der Waals surface area contributed by atoms with Gasteiger partial charge in [0, 0.05) is 17.2 Å². The predicted octanol–water partition coefficient (Wildman–Crippen LogP) is 4.50. The lowest BCUT2D eigenvalue weighted by molar-refractivity contribution is -0.384. The molecule has 1 unspecified atom stereocenters. The second-order valence-corrected chi connectivity index (χ2v) is 6.75. The minimum atomic E-state index is -0.872. The van der Waals surface area contributed by atoms with Crippen molar-refractivity contribution < 1.29 is 9.72 Å². The lowest BCUT2D eigenvalue weighted by Crippen LogP contribution is -2.50. The maximum atomic E-state index is 13.3. The molecule has 134 valence electrons. The molecule has 1 aliphatic rings. The topological polar surface area (TPSA) is 72.2 Å². The van der Waals surface area contributed by atoms with Crippen LogP contribution in [-0.4, -0.2) is 17.8 Å². The van der Waals surface area contributed by atoms with Crippen molar-refractivity contribution in [2.75, 3.05) is 7.05 Å². The third-order valence-corrected chi connectivity index (χ3v) is 5.19. The molecule has 2 aromatic carbocycles. The van der Waals surface area contributed by atoms with E-state index in [1.165, 1.54) is 12.1 Å². The summed E-state index contributed by atoms with van der Waals surface area (Å²) in [6.07, 6.45) is 3.85. The molecule has 6 heteroatoms. The highest BCUT2D eigenvalue weighted by Gasteiger charge is 2.43. The van der Waals surface area contributed by atoms with Crippen LogP contribution in [0.3, 0.4) is 0 Å². The number of nitrogens with one attached hydrogen (secondary N) is 1. The molecule has 3 rings (SSSR count). The number of carbonyl (C=O) groups is 1. The number of nitro benzene ring substituents is 1. The van der Waals surface area contributed by atoms with E-state index in [0.717, 1.165) is 12.0 Å². The number of halogens is 1. The van der Waals surface area contributed by atoms with E-state index in [1.807, 2.05) is 18.2 Å². The standard InChI is InChI=1S/C20H19ClN2O3/c1-22-20(17-9-2-3-10-18(17)21)11-5-7-15(19(20)24)12-14-6-4-8-16(13-14)23(25)26/h2-4,6,8-10,12-13,22H,5,7,11H2,1H3/b15-12+. The Morgan fingerprint density at radius 3 is 2.69 bits per heavy atom. The highest BCUT2D eigenvalue weighted by atomic mass is 35.5. The summed E-state index contributed by atoms with van der Waals surface area (Å²) in [7, 11) is 1.76. The fourth-order valence-electron chi connectivity index (χ4n) is 3.55. The third kappa shape index (κ3) is 3.28. The molecular weight excluding hydrogens is 352 g/mol. The lowest BCUT2D eigenvalue weighted by atomic mass is 9.73. The molecule has 1 fully saturated rings. The molecule has 0 radical (unpaired) electrons. The Kier molecular flexibility index (Phi) is 5.20. The van der Waals surface area contributed by atoms with Gasteiger partial charge in [0.05, 0.1) is 4.92 Å². The number of likely N-dealkylation sites (N-methyl/N-ethyl adjacent to an activating group) is 1. The first-order chi connectivity index (χ1) is 12.5. The Morgan fingerprint density at radius 1 is 1.23 bits per heavy atom. The molecule has 0 aliphatic heterocycles. The fraction of sp³-hybridized carbons (Fsp3) is 0.250. The quantitative estimate of drug-likeness (QED) is 0.488. The molecule has 5 nitrogen and oxygen atoms in total. The van der Waals surface area contributed by atoms with Crippen LogP contribution in [0.1, 0.15) is 30.4 Å². The van der Waals surface area contributed by atoms with Crippen LogP contribution in [0.5, 0.6) is 0 Å². The van der Waals surface area contributed by atoms with E-state index >= 15 is 0 Å². The minimum absolute atomic E-state index is 0.00796. The summed E-state index contributed by atoms with van der Waals surface area (Å²) >= 11 is 6.37. The first-order valence-electron chi connectivity index (χ1n) is 8.42. The van der Waals surface area contributed by atoms with Crippen molar-refractivity contribution in [3.8, 4) is 0 Å². The molecule has 0 bridgehead atoms. The Labute approximate surface area is 156 Å². The van der Waals surface area contributed by atoms with Crippen molar-refractivity contribution >= 4 is 29.1 Å². The fourth-order valence-corrected chi connectivity index (χ4v) is 3.85. The number of Topliss-reactive ketones (excluding diaryl/α,β-unsaturated/α-hetero) is 1. The van der Waals surface area contributed by atoms with Gasteiger partial charge in [-0.25, -0.2) is 0 Å². The molecule has 1 saturated carbocycles. The first kappa shape index (κ1) is 18.3. The van der Waals surface area contributed by atoms with Gasteiger partial charge in [-0.05, 0) is 55.2 Å². The van der Waals surface area contributed by atoms with Crippen LogP contribution in [0.2, 0.25) is 5.02 Å². The Hall–Kier alpha value is -2.50. The number of carbonyl (C=O) groups excluding carboxylic acids is 1. The van der Waals surface area contributed by atoms with Crippen molar-refractivity contribution in [1.29, 1.82) is 0 Å². The molecule has 1 N–H and O–H groups in total. The van der Waals surface area contributed by atoms with Gasteiger partial charge in [-0.3, -0.25) is 14.9 Å². The van der Waals surface area contributed by atoms with Gasteiger partial charge in [-0.1, -0.05) is 41.9 Å². The van der Waals surface area contributed by atoms with Crippen molar-refractivity contribution in [2.24, 2.45) is 0 Å². The third-order valence-electron chi connectivity index (χ3n) is 4.86. The van der Waals surface area contributed by atoms with Crippen LogP contribution < -0.4 is 5.32 Å². The van der Waals surface area contributed by atoms with E-state index in [9.17, 15) is 14.9 Å². The highest BCUT2D eigenvalue weighted by molar-refractivity contribution is 6.32. The van der Waals surface area contributed by atoms with E-state index in [-0.39, 0.29) is 11.5 Å². The molecule has 26 heavy (non-hydrogen) atoms. The Balaban J connectivity index is 2.03. The zero-order valence-corrected chi connectivity index (χ0v) is 15.1. The zero-order valence-electron chi connectivity index (χ0n) is 14.4. The lowest BCUT2D eigenvalue weighted by Gasteiger charge is -2.37. The van der Waals surface area contributed by atoms with Gasteiger partial charge >= 0.3 is 0 Å². The number of nitro groups is 1. The maximum Gasteiger partial charge on any atom is 0.270 e. The number of hydrogen-bond donors (Lipinski definition) is 1. The van der Waals surface area contributed by atoms with E-state index in [0.29, 0.717) is 29.0 Å². The Morgan fingerprint density at radius 2 is 2.00 bits per heavy atom. The minimum Gasteiger partial charge on any atom is -0.304 e. The number of nitrogens with zero attached hydrogens (tertiary/aromatic N) is 1. The van der Waals surface area contributed by atoms with Crippen molar-refractivity contribution in [3.63, 3.8) is 0 Å². The molecular formula is C20H19ClN2O3. The molecule has 2 aromatic rings. The summed E-state index contributed by atoms with van der Waals surface area (Å²) in [6.45, 7) is 0. The van der Waals surface area contributed by atoms with Crippen molar-refractivity contribution in [2.45, 2.75) is 24.8 Å². The largest absolute Gasteiger partial charge is 0.304 e. The second kappa shape index (κ2) is 7.40. The van der Waals surface area contributed by atoms with Gasteiger partial charge in [0.1, 0.15) is 5.54 Å². The van der Waals surface area contributed by atoms with E-state index in [1.54, 1.807) is 31.3 Å². The summed E-state index contributed by atoms with van der Waals surface area (Å²) < 4.78 is 0. The summed E-state index contributed by atoms with van der Waals surface area (Å²) in [5.74, 6) is -0.0362. The first-order valence-corrected chi connectivity index (χ1v) is 8.79. The summed E-state index contributed by atoms with van der Waals surface area (Å²) in [5.41, 5.74) is 1.19. The predicted molar refractivity (Wildman–Crippen MR) is 102 cm³/mol. The average Bonchev–Trinajstić information content (AvgIpc) is 2.64. The number of ketones is 1. The second-order valence-electron chi connectivity index (χ2n) is 6.34. The molecule has 1 aliphatic carbocycles. The molecule has 0 amide bonds. The number of non-ortho nitro benzene ring substituents is 1. The van der Waals surface area contributed by atoms with Crippen molar-refractivity contribution in [1.82, 2.24) is 5.32 Å². The SMILES string of the molecule is CNC1(c2ccccc2Cl)CCC/C(=C\c2cccc([N+](=O)[O-])c2)C1=O. The van der Waals surface area contributed by atoms with Crippen molar-refractivity contribution in [3.05, 3.63) is 80.4 Å². The van der Waals surface area contributed by atoms with Crippen LogP contribution in [0, 0.1) is 10.1 Å². The normalized spacial score (nSPS) is 21.8. The summed E-state index contributed by atoms with van der Waals surface area (Å²) in [5, 5.41) is 14.7. The number of rotatable bonds is 4. The number of benzene rings is 2. The molecule has 0 aromatic heterocycles. The average molecular weight is 371 g/mol. The smallest absolute Gasteiger partial charge is 0.270 e. The van der Waals surface area contributed by atoms with Crippen LogP contribution >= 0.6 is 11.6 Å².